The normalized spacial score (nSPS) is 20.8. The molecule has 1 atom stereocenters. The average molecular weight is 447 g/mol. The first-order valence-corrected chi connectivity index (χ1v) is 12.1. The minimum atomic E-state index is -0.0696. The molecule has 0 bridgehead atoms. The van der Waals surface area contributed by atoms with Crippen LogP contribution < -0.4 is 0 Å². The summed E-state index contributed by atoms with van der Waals surface area (Å²) in [6, 6.07) is 10.4. The number of carbonyl (C=O) groups is 2. The van der Waals surface area contributed by atoms with Crippen LogP contribution in [-0.4, -0.2) is 70.3 Å². The minimum Gasteiger partial charge on any atom is -0.459 e. The lowest BCUT2D eigenvalue weighted by atomic mass is 9.89. The Morgan fingerprint density at radius 1 is 1.06 bits per heavy atom. The molecule has 3 aromatic rings. The van der Waals surface area contributed by atoms with Crippen molar-refractivity contribution in [2.45, 2.75) is 38.8 Å². The molecule has 3 aliphatic rings. The zero-order chi connectivity index (χ0) is 22.5. The molecule has 0 saturated carbocycles. The van der Waals surface area contributed by atoms with Crippen LogP contribution in [0, 0.1) is 6.92 Å². The molecule has 1 fully saturated rings. The summed E-state index contributed by atoms with van der Waals surface area (Å²) in [5.41, 5.74) is 5.44. The molecule has 2 aromatic heterocycles. The topological polar surface area (TPSA) is 61.9 Å². The van der Waals surface area contributed by atoms with Crippen LogP contribution in [0.3, 0.4) is 0 Å². The summed E-state index contributed by atoms with van der Waals surface area (Å²) in [4.78, 5) is 32.1. The molecule has 0 N–H and O–H groups in total. The molecule has 7 heteroatoms. The van der Waals surface area contributed by atoms with Gasteiger partial charge in [0, 0.05) is 55.9 Å². The molecular formula is C26H30N4O3. The SMILES string of the molecule is Cc1ccc2c(c1)c1c3n2CCN(C(=O)CN2CCN(C(=O)c4ccco4)CC2)[C@@H]3CCC1. The fourth-order valence-electron chi connectivity index (χ4n) is 5.96. The Hall–Kier alpha value is -3.06. The lowest BCUT2D eigenvalue weighted by molar-refractivity contribution is -0.136. The second-order valence-corrected chi connectivity index (χ2v) is 9.58. The second kappa shape index (κ2) is 8.06. The summed E-state index contributed by atoms with van der Waals surface area (Å²) in [5, 5.41) is 1.38. The van der Waals surface area contributed by atoms with Crippen LogP contribution in [0.5, 0.6) is 0 Å². The van der Waals surface area contributed by atoms with E-state index in [0.717, 1.165) is 32.4 Å². The summed E-state index contributed by atoms with van der Waals surface area (Å²) in [6.45, 7) is 6.87. The van der Waals surface area contributed by atoms with Gasteiger partial charge < -0.3 is 18.8 Å². The van der Waals surface area contributed by atoms with Crippen LogP contribution in [0.15, 0.2) is 41.0 Å². The maximum atomic E-state index is 13.4. The van der Waals surface area contributed by atoms with Crippen LogP contribution in [0.4, 0.5) is 0 Å². The Morgan fingerprint density at radius 2 is 1.91 bits per heavy atom. The molecule has 1 aromatic carbocycles. The molecular weight excluding hydrogens is 416 g/mol. The predicted molar refractivity (Wildman–Crippen MR) is 125 cm³/mol. The Labute approximate surface area is 193 Å². The van der Waals surface area contributed by atoms with Crippen molar-refractivity contribution in [2.24, 2.45) is 0 Å². The van der Waals surface area contributed by atoms with Gasteiger partial charge in [-0.25, -0.2) is 0 Å². The van der Waals surface area contributed by atoms with E-state index in [4.69, 9.17) is 4.42 Å². The molecule has 1 aliphatic carbocycles. The second-order valence-electron chi connectivity index (χ2n) is 9.58. The van der Waals surface area contributed by atoms with Crippen molar-refractivity contribution in [1.82, 2.24) is 19.3 Å². The van der Waals surface area contributed by atoms with Crippen molar-refractivity contribution >= 4 is 22.7 Å². The summed E-state index contributed by atoms with van der Waals surface area (Å²) >= 11 is 0. The molecule has 2 aliphatic heterocycles. The molecule has 6 rings (SSSR count). The van der Waals surface area contributed by atoms with Gasteiger partial charge in [0.15, 0.2) is 5.76 Å². The van der Waals surface area contributed by atoms with Gasteiger partial charge in [0.2, 0.25) is 5.91 Å². The van der Waals surface area contributed by atoms with E-state index in [1.165, 1.54) is 34.0 Å². The van der Waals surface area contributed by atoms with Crippen molar-refractivity contribution in [1.29, 1.82) is 0 Å². The van der Waals surface area contributed by atoms with E-state index >= 15 is 0 Å². The Morgan fingerprint density at radius 3 is 2.70 bits per heavy atom. The van der Waals surface area contributed by atoms with Crippen LogP contribution in [0.1, 0.15) is 46.3 Å². The zero-order valence-electron chi connectivity index (χ0n) is 19.1. The summed E-state index contributed by atoms with van der Waals surface area (Å²) in [6.07, 6.45) is 4.80. The van der Waals surface area contributed by atoms with Crippen molar-refractivity contribution in [3.63, 3.8) is 0 Å². The van der Waals surface area contributed by atoms with E-state index in [1.807, 2.05) is 4.90 Å². The third-order valence-corrected chi connectivity index (χ3v) is 7.60. The van der Waals surface area contributed by atoms with Crippen LogP contribution >= 0.6 is 0 Å². The molecule has 33 heavy (non-hydrogen) atoms. The number of rotatable bonds is 3. The number of furan rings is 1. The number of carbonyl (C=O) groups excluding carboxylic acids is 2. The molecule has 4 heterocycles. The van der Waals surface area contributed by atoms with Crippen LogP contribution in [0.25, 0.3) is 10.9 Å². The van der Waals surface area contributed by atoms with Gasteiger partial charge in [-0.1, -0.05) is 11.6 Å². The Bertz CT molecular complexity index is 1200. The summed E-state index contributed by atoms with van der Waals surface area (Å²) in [5.74, 6) is 0.526. The van der Waals surface area contributed by atoms with Gasteiger partial charge in [0.1, 0.15) is 0 Å². The van der Waals surface area contributed by atoms with Crippen LogP contribution in [0.2, 0.25) is 0 Å². The largest absolute Gasteiger partial charge is 0.459 e. The number of fused-ring (bicyclic) bond motifs is 3. The number of hydrogen-bond acceptors (Lipinski definition) is 4. The van der Waals surface area contributed by atoms with Gasteiger partial charge in [0.05, 0.1) is 18.8 Å². The Balaban J connectivity index is 1.15. The predicted octanol–water partition coefficient (Wildman–Crippen LogP) is 3.22. The molecule has 2 amide bonds. The average Bonchev–Trinajstić information content (AvgIpc) is 3.48. The smallest absolute Gasteiger partial charge is 0.289 e. The fourth-order valence-corrected chi connectivity index (χ4v) is 5.96. The monoisotopic (exact) mass is 446 g/mol. The maximum absolute atomic E-state index is 13.4. The standard InChI is InChI=1S/C26H30N4O3/c1-18-7-8-21-20(16-18)19-4-2-5-22-25(19)30(21)14-13-29(22)24(31)17-27-9-11-28(12-10-27)26(32)23-6-3-15-33-23/h3,6-8,15-16,22H,2,4-5,9-14,17H2,1H3/t22-/m1/s1. The number of aryl methyl sites for hydroxylation is 2. The number of aromatic nitrogens is 1. The third-order valence-electron chi connectivity index (χ3n) is 7.60. The lowest BCUT2D eigenvalue weighted by Crippen LogP contribution is -2.53. The van der Waals surface area contributed by atoms with E-state index in [9.17, 15) is 9.59 Å². The minimum absolute atomic E-state index is 0.0696. The first-order chi connectivity index (χ1) is 16.1. The first kappa shape index (κ1) is 20.5. The molecule has 0 unspecified atom stereocenters. The van der Waals surface area contributed by atoms with E-state index in [1.54, 1.807) is 12.1 Å². The highest BCUT2D eigenvalue weighted by molar-refractivity contribution is 5.91. The van der Waals surface area contributed by atoms with Crippen molar-refractivity contribution in [3.8, 4) is 0 Å². The number of nitrogens with zero attached hydrogens (tertiary/aromatic N) is 4. The quantitative estimate of drug-likeness (QED) is 0.620. The maximum Gasteiger partial charge on any atom is 0.289 e. The molecule has 7 nitrogen and oxygen atoms in total. The van der Waals surface area contributed by atoms with Crippen molar-refractivity contribution in [2.75, 3.05) is 39.3 Å². The van der Waals surface area contributed by atoms with Gasteiger partial charge in [0.25, 0.3) is 5.91 Å². The van der Waals surface area contributed by atoms with E-state index in [2.05, 4.69) is 39.5 Å². The highest BCUT2D eigenvalue weighted by Crippen LogP contribution is 2.42. The van der Waals surface area contributed by atoms with E-state index in [0.29, 0.717) is 38.5 Å². The highest BCUT2D eigenvalue weighted by Gasteiger charge is 2.37. The van der Waals surface area contributed by atoms with E-state index < -0.39 is 0 Å². The number of benzene rings is 1. The number of amides is 2. The zero-order valence-corrected chi connectivity index (χ0v) is 19.1. The number of piperazine rings is 1. The molecule has 172 valence electrons. The van der Waals surface area contributed by atoms with Crippen molar-refractivity contribution in [3.05, 3.63) is 59.2 Å². The van der Waals surface area contributed by atoms with E-state index in [-0.39, 0.29) is 17.9 Å². The molecule has 0 radical (unpaired) electrons. The van der Waals surface area contributed by atoms with Gasteiger partial charge in [-0.2, -0.15) is 0 Å². The summed E-state index contributed by atoms with van der Waals surface area (Å²) in [7, 11) is 0. The fraction of sp³-hybridized carbons (Fsp3) is 0.462. The Kier molecular flexibility index (Phi) is 5.02. The van der Waals surface area contributed by atoms with Crippen LogP contribution in [-0.2, 0) is 17.8 Å². The first-order valence-electron chi connectivity index (χ1n) is 12.1. The highest BCUT2D eigenvalue weighted by atomic mass is 16.3. The van der Waals surface area contributed by atoms with Gasteiger partial charge >= 0.3 is 0 Å². The van der Waals surface area contributed by atoms with Gasteiger partial charge in [-0.15, -0.1) is 0 Å². The van der Waals surface area contributed by atoms with Crippen molar-refractivity contribution < 1.29 is 14.0 Å². The molecule has 0 spiro atoms. The summed E-state index contributed by atoms with van der Waals surface area (Å²) < 4.78 is 7.72. The molecule has 1 saturated heterocycles. The van der Waals surface area contributed by atoms with Gasteiger partial charge in [-0.05, 0) is 56.0 Å². The van der Waals surface area contributed by atoms with Gasteiger partial charge in [-0.3, -0.25) is 14.5 Å². The number of hydrogen-bond donors (Lipinski definition) is 0. The lowest BCUT2D eigenvalue weighted by Gasteiger charge is -2.41. The third kappa shape index (κ3) is 3.46.